The van der Waals surface area contributed by atoms with Gasteiger partial charge in [0.25, 0.3) is 5.56 Å². The molecule has 0 amide bonds. The standard InChI is InChI=1S/C12H9N3O3/c1-15-11(16)8-5-13-9-4-6(12(17)18)2-3-7(9)10(8)14-15/h2-5,14H,1H3,(H,17,18). The van der Waals surface area contributed by atoms with Crippen molar-refractivity contribution in [3.8, 4) is 0 Å². The lowest BCUT2D eigenvalue weighted by molar-refractivity contribution is 0.0697. The Morgan fingerprint density at radius 3 is 2.89 bits per heavy atom. The molecule has 0 saturated heterocycles. The van der Waals surface area contributed by atoms with Gasteiger partial charge < -0.3 is 5.11 Å². The fraction of sp³-hybridized carbons (Fsp3) is 0.0833. The molecular formula is C12H9N3O3. The third-order valence-corrected chi connectivity index (χ3v) is 2.93. The molecule has 0 atom stereocenters. The summed E-state index contributed by atoms with van der Waals surface area (Å²) < 4.78 is 1.37. The van der Waals surface area contributed by atoms with E-state index in [2.05, 4.69) is 10.1 Å². The van der Waals surface area contributed by atoms with E-state index in [0.717, 1.165) is 5.39 Å². The smallest absolute Gasteiger partial charge is 0.335 e. The summed E-state index contributed by atoms with van der Waals surface area (Å²) in [6.45, 7) is 0. The number of hydrogen-bond donors (Lipinski definition) is 2. The van der Waals surface area contributed by atoms with Crippen molar-refractivity contribution in [2.45, 2.75) is 0 Å². The fourth-order valence-electron chi connectivity index (χ4n) is 2.01. The number of carboxylic acids is 1. The van der Waals surface area contributed by atoms with Crippen molar-refractivity contribution in [3.05, 3.63) is 40.3 Å². The maximum Gasteiger partial charge on any atom is 0.335 e. The third kappa shape index (κ3) is 1.32. The Labute approximate surface area is 100 Å². The lowest BCUT2D eigenvalue weighted by Crippen LogP contribution is -2.11. The number of aryl methyl sites for hydroxylation is 1. The Kier molecular flexibility index (Phi) is 2.00. The van der Waals surface area contributed by atoms with E-state index in [1.807, 2.05) is 0 Å². The second-order valence-corrected chi connectivity index (χ2v) is 4.06. The molecule has 0 spiro atoms. The average Bonchev–Trinajstić information content (AvgIpc) is 2.65. The molecule has 6 nitrogen and oxygen atoms in total. The van der Waals surface area contributed by atoms with Gasteiger partial charge in [0.15, 0.2) is 0 Å². The van der Waals surface area contributed by atoms with Gasteiger partial charge in [-0.3, -0.25) is 19.6 Å². The first-order chi connectivity index (χ1) is 8.58. The summed E-state index contributed by atoms with van der Waals surface area (Å²) in [5, 5.41) is 13.1. The highest BCUT2D eigenvalue weighted by Gasteiger charge is 2.10. The molecule has 18 heavy (non-hydrogen) atoms. The summed E-state index contributed by atoms with van der Waals surface area (Å²) in [5.74, 6) is -1.000. The molecular weight excluding hydrogens is 234 g/mol. The van der Waals surface area contributed by atoms with Gasteiger partial charge in [0.1, 0.15) is 0 Å². The molecule has 3 rings (SSSR count). The molecule has 6 heteroatoms. The van der Waals surface area contributed by atoms with Crippen LogP contribution in [-0.4, -0.2) is 25.8 Å². The first kappa shape index (κ1) is 10.5. The minimum absolute atomic E-state index is 0.151. The van der Waals surface area contributed by atoms with Crippen molar-refractivity contribution < 1.29 is 9.90 Å². The molecule has 2 N–H and O–H groups in total. The molecule has 0 fully saturated rings. The van der Waals surface area contributed by atoms with Gasteiger partial charge >= 0.3 is 5.97 Å². The average molecular weight is 243 g/mol. The number of H-pyrrole nitrogens is 1. The van der Waals surface area contributed by atoms with Crippen LogP contribution in [0.4, 0.5) is 0 Å². The quantitative estimate of drug-likeness (QED) is 0.670. The minimum atomic E-state index is -1.000. The Balaban J connectivity index is 2.45. The summed E-state index contributed by atoms with van der Waals surface area (Å²) in [5.41, 5.74) is 1.24. The van der Waals surface area contributed by atoms with Crippen LogP contribution in [0.2, 0.25) is 0 Å². The number of carbonyl (C=O) groups is 1. The van der Waals surface area contributed by atoms with Crippen LogP contribution in [0.15, 0.2) is 29.2 Å². The number of carboxylic acid groups (broad SMARTS) is 1. The number of nitrogens with zero attached hydrogens (tertiary/aromatic N) is 2. The highest BCUT2D eigenvalue weighted by Crippen LogP contribution is 2.20. The van der Waals surface area contributed by atoms with Crippen molar-refractivity contribution in [2.75, 3.05) is 0 Å². The van der Waals surface area contributed by atoms with Crippen LogP contribution in [0.3, 0.4) is 0 Å². The Bertz CT molecular complexity index is 845. The minimum Gasteiger partial charge on any atom is -0.478 e. The van der Waals surface area contributed by atoms with Crippen LogP contribution in [0.25, 0.3) is 21.8 Å². The second-order valence-electron chi connectivity index (χ2n) is 4.06. The van der Waals surface area contributed by atoms with Crippen LogP contribution in [-0.2, 0) is 7.05 Å². The van der Waals surface area contributed by atoms with Gasteiger partial charge in [-0.05, 0) is 18.2 Å². The Hall–Kier alpha value is -2.63. The number of benzene rings is 1. The largest absolute Gasteiger partial charge is 0.478 e. The van der Waals surface area contributed by atoms with Gasteiger partial charge in [-0.1, -0.05) is 0 Å². The third-order valence-electron chi connectivity index (χ3n) is 2.93. The molecule has 0 saturated carbocycles. The molecule has 0 unspecified atom stereocenters. The van der Waals surface area contributed by atoms with Gasteiger partial charge in [0.05, 0.1) is 22.0 Å². The summed E-state index contributed by atoms with van der Waals surface area (Å²) in [7, 11) is 1.62. The van der Waals surface area contributed by atoms with Crippen molar-refractivity contribution in [2.24, 2.45) is 7.05 Å². The van der Waals surface area contributed by atoms with Crippen LogP contribution in [0.1, 0.15) is 10.4 Å². The van der Waals surface area contributed by atoms with Crippen LogP contribution < -0.4 is 5.56 Å². The van der Waals surface area contributed by atoms with E-state index in [9.17, 15) is 9.59 Å². The van der Waals surface area contributed by atoms with E-state index in [1.54, 1.807) is 13.1 Å². The van der Waals surface area contributed by atoms with Crippen molar-refractivity contribution >= 4 is 27.8 Å². The van der Waals surface area contributed by atoms with Gasteiger partial charge in [0.2, 0.25) is 0 Å². The number of fused-ring (bicyclic) bond motifs is 3. The lowest BCUT2D eigenvalue weighted by atomic mass is 10.1. The molecule has 0 aliphatic carbocycles. The monoisotopic (exact) mass is 243 g/mol. The fourth-order valence-corrected chi connectivity index (χ4v) is 2.01. The summed E-state index contributed by atoms with van der Waals surface area (Å²) in [6, 6.07) is 4.64. The highest BCUT2D eigenvalue weighted by molar-refractivity contribution is 6.04. The van der Waals surface area contributed by atoms with Gasteiger partial charge in [0, 0.05) is 18.6 Å². The number of pyridine rings is 1. The van der Waals surface area contributed by atoms with Gasteiger partial charge in [-0.15, -0.1) is 0 Å². The first-order valence-electron chi connectivity index (χ1n) is 5.28. The van der Waals surface area contributed by atoms with E-state index in [-0.39, 0.29) is 11.1 Å². The van der Waals surface area contributed by atoms with Crippen LogP contribution in [0, 0.1) is 0 Å². The number of rotatable bonds is 1. The summed E-state index contributed by atoms with van der Waals surface area (Å²) in [4.78, 5) is 26.8. The summed E-state index contributed by atoms with van der Waals surface area (Å²) >= 11 is 0. The molecule has 2 aromatic heterocycles. The van der Waals surface area contributed by atoms with Crippen molar-refractivity contribution in [1.29, 1.82) is 0 Å². The van der Waals surface area contributed by atoms with Crippen LogP contribution in [0.5, 0.6) is 0 Å². The zero-order valence-electron chi connectivity index (χ0n) is 9.47. The molecule has 0 bridgehead atoms. The SMILES string of the molecule is Cn1[nH]c2c(cnc3cc(C(=O)O)ccc32)c1=O. The molecule has 0 aliphatic heterocycles. The number of aromatic carboxylic acids is 1. The highest BCUT2D eigenvalue weighted by atomic mass is 16.4. The van der Waals surface area contributed by atoms with Crippen molar-refractivity contribution in [1.82, 2.24) is 14.8 Å². The van der Waals surface area contributed by atoms with E-state index < -0.39 is 5.97 Å². The number of aromatic amines is 1. The molecule has 0 radical (unpaired) electrons. The molecule has 0 aliphatic rings. The zero-order chi connectivity index (χ0) is 12.9. The van der Waals surface area contributed by atoms with Gasteiger partial charge in [-0.25, -0.2) is 4.79 Å². The van der Waals surface area contributed by atoms with E-state index in [0.29, 0.717) is 16.4 Å². The molecule has 90 valence electrons. The number of aromatic nitrogens is 3. The zero-order valence-corrected chi connectivity index (χ0v) is 9.47. The van der Waals surface area contributed by atoms with Gasteiger partial charge in [-0.2, -0.15) is 0 Å². The predicted molar refractivity (Wildman–Crippen MR) is 65.8 cm³/mol. The maximum absolute atomic E-state index is 11.7. The lowest BCUT2D eigenvalue weighted by Gasteiger charge is -1.99. The molecule has 2 heterocycles. The number of hydrogen-bond acceptors (Lipinski definition) is 3. The Morgan fingerprint density at radius 2 is 2.17 bits per heavy atom. The normalized spacial score (nSPS) is 11.2. The second kappa shape index (κ2) is 3.43. The van der Waals surface area contributed by atoms with E-state index >= 15 is 0 Å². The number of nitrogens with one attached hydrogen (secondary N) is 1. The first-order valence-corrected chi connectivity index (χ1v) is 5.28. The maximum atomic E-state index is 11.7. The molecule has 3 aromatic rings. The van der Waals surface area contributed by atoms with E-state index in [1.165, 1.54) is 23.0 Å². The predicted octanol–water partition coefficient (Wildman–Crippen LogP) is 1.11. The Morgan fingerprint density at radius 1 is 1.39 bits per heavy atom. The van der Waals surface area contributed by atoms with Crippen LogP contribution >= 0.6 is 0 Å². The van der Waals surface area contributed by atoms with Crippen molar-refractivity contribution in [3.63, 3.8) is 0 Å². The summed E-state index contributed by atoms with van der Waals surface area (Å²) in [6.07, 6.45) is 1.46. The molecule has 1 aromatic carbocycles. The van der Waals surface area contributed by atoms with E-state index in [4.69, 9.17) is 5.11 Å². The topological polar surface area (TPSA) is 88.0 Å².